The van der Waals surface area contributed by atoms with Crippen LogP contribution in [-0.4, -0.2) is 72.4 Å². The van der Waals surface area contributed by atoms with Gasteiger partial charge in [0.05, 0.1) is 49.5 Å². The zero-order chi connectivity index (χ0) is 20.8. The Bertz CT molecular complexity index is 473. The van der Waals surface area contributed by atoms with Gasteiger partial charge in [-0.15, -0.1) is 0 Å². The summed E-state index contributed by atoms with van der Waals surface area (Å²) in [6.45, 7) is 16.5. The van der Waals surface area contributed by atoms with Gasteiger partial charge in [0, 0.05) is 13.1 Å². The molecule has 0 saturated carbocycles. The van der Waals surface area contributed by atoms with Gasteiger partial charge in [-0.2, -0.15) is 20.4 Å². The van der Waals surface area contributed by atoms with Crippen molar-refractivity contribution in [1.29, 1.82) is 0 Å². The summed E-state index contributed by atoms with van der Waals surface area (Å²) in [5, 5.41) is 17.7. The van der Waals surface area contributed by atoms with Gasteiger partial charge in [-0.1, -0.05) is 13.8 Å². The van der Waals surface area contributed by atoms with Gasteiger partial charge >= 0.3 is 0 Å². The van der Waals surface area contributed by atoms with Crippen molar-refractivity contribution < 1.29 is 0 Å². The van der Waals surface area contributed by atoms with E-state index in [4.69, 9.17) is 0 Å². The molecule has 0 aromatic heterocycles. The fourth-order valence-corrected chi connectivity index (χ4v) is 2.40. The van der Waals surface area contributed by atoms with Crippen LogP contribution in [0.4, 0.5) is 0 Å². The van der Waals surface area contributed by atoms with E-state index in [0.717, 1.165) is 48.8 Å². The van der Waals surface area contributed by atoms with Crippen molar-refractivity contribution in [2.24, 2.45) is 20.4 Å². The van der Waals surface area contributed by atoms with E-state index in [1.807, 2.05) is 27.7 Å². The third-order valence-electron chi connectivity index (χ3n) is 4.29. The Kier molecular flexibility index (Phi) is 11.8. The zero-order valence-corrected chi connectivity index (χ0v) is 18.3. The molecular formula is C18H38N10. The van der Waals surface area contributed by atoms with Crippen LogP contribution in [0.25, 0.3) is 0 Å². The van der Waals surface area contributed by atoms with Crippen molar-refractivity contribution in [3.63, 3.8) is 0 Å². The molecule has 0 spiro atoms. The Morgan fingerprint density at radius 3 is 1.04 bits per heavy atom. The SMILES string of the molecule is CCCN1CN/N=C(C)/C(C)=N/NCN(CCC)CN/N=C(C)/C(C)=N/NC1. The van der Waals surface area contributed by atoms with Gasteiger partial charge in [0.2, 0.25) is 0 Å². The summed E-state index contributed by atoms with van der Waals surface area (Å²) in [6, 6.07) is 0. The summed E-state index contributed by atoms with van der Waals surface area (Å²) in [5.74, 6) is 0. The van der Waals surface area contributed by atoms with Crippen LogP contribution in [0, 0.1) is 0 Å². The first kappa shape index (κ1) is 23.8. The van der Waals surface area contributed by atoms with Gasteiger partial charge in [-0.3, -0.25) is 31.5 Å². The van der Waals surface area contributed by atoms with Gasteiger partial charge in [-0.25, -0.2) is 0 Å². The summed E-state index contributed by atoms with van der Waals surface area (Å²) in [4.78, 5) is 4.41. The maximum atomic E-state index is 4.43. The van der Waals surface area contributed by atoms with Gasteiger partial charge in [0.15, 0.2) is 0 Å². The lowest BCUT2D eigenvalue weighted by molar-refractivity contribution is 0.237. The van der Waals surface area contributed by atoms with Crippen LogP contribution in [0.2, 0.25) is 0 Å². The molecule has 0 radical (unpaired) electrons. The van der Waals surface area contributed by atoms with Gasteiger partial charge in [0.25, 0.3) is 0 Å². The summed E-state index contributed by atoms with van der Waals surface area (Å²) < 4.78 is 0. The van der Waals surface area contributed by atoms with Crippen molar-refractivity contribution in [1.82, 2.24) is 31.5 Å². The molecule has 10 heteroatoms. The second-order valence-electron chi connectivity index (χ2n) is 6.84. The molecule has 0 aromatic rings. The Morgan fingerprint density at radius 2 is 0.821 bits per heavy atom. The van der Waals surface area contributed by atoms with Crippen molar-refractivity contribution in [3.8, 4) is 0 Å². The first-order valence-corrected chi connectivity index (χ1v) is 10.0. The van der Waals surface area contributed by atoms with E-state index in [9.17, 15) is 0 Å². The fraction of sp³-hybridized carbons (Fsp3) is 0.778. The van der Waals surface area contributed by atoms with Crippen molar-refractivity contribution >= 4 is 22.8 Å². The predicted octanol–water partition coefficient (Wildman–Crippen LogP) is 1.12. The van der Waals surface area contributed by atoms with Crippen LogP contribution in [0.3, 0.4) is 0 Å². The second kappa shape index (κ2) is 13.9. The highest BCUT2D eigenvalue weighted by Crippen LogP contribution is 1.92. The molecule has 10 nitrogen and oxygen atoms in total. The molecule has 0 bridgehead atoms. The molecule has 0 fully saturated rings. The monoisotopic (exact) mass is 394 g/mol. The van der Waals surface area contributed by atoms with E-state index < -0.39 is 0 Å². The molecule has 1 aliphatic rings. The molecule has 0 amide bonds. The predicted molar refractivity (Wildman–Crippen MR) is 118 cm³/mol. The average Bonchev–Trinajstić information content (AvgIpc) is 2.66. The fourth-order valence-electron chi connectivity index (χ4n) is 2.40. The number of hydrogen-bond acceptors (Lipinski definition) is 10. The number of rotatable bonds is 4. The lowest BCUT2D eigenvalue weighted by atomic mass is 10.3. The van der Waals surface area contributed by atoms with E-state index in [1.165, 1.54) is 0 Å². The summed E-state index contributed by atoms with van der Waals surface area (Å²) in [5.41, 5.74) is 15.9. The highest BCUT2D eigenvalue weighted by Gasteiger charge is 2.06. The smallest absolute Gasteiger partial charge is 0.0862 e. The lowest BCUT2D eigenvalue weighted by Crippen LogP contribution is -2.40. The third-order valence-corrected chi connectivity index (χ3v) is 4.29. The zero-order valence-electron chi connectivity index (χ0n) is 18.3. The number of hydrogen-bond donors (Lipinski definition) is 4. The Hall–Kier alpha value is -2.20. The van der Waals surface area contributed by atoms with Crippen LogP contribution >= 0.6 is 0 Å². The molecule has 28 heavy (non-hydrogen) atoms. The molecule has 1 heterocycles. The molecule has 0 saturated heterocycles. The average molecular weight is 395 g/mol. The lowest BCUT2D eigenvalue weighted by Gasteiger charge is -2.22. The van der Waals surface area contributed by atoms with Crippen LogP contribution in [0.15, 0.2) is 20.4 Å². The van der Waals surface area contributed by atoms with Gasteiger partial charge in [0.1, 0.15) is 0 Å². The maximum absolute atomic E-state index is 4.43. The normalized spacial score (nSPS) is 26.8. The summed E-state index contributed by atoms with van der Waals surface area (Å²) >= 11 is 0. The molecule has 4 N–H and O–H groups in total. The van der Waals surface area contributed by atoms with Crippen molar-refractivity contribution in [3.05, 3.63) is 0 Å². The Balaban J connectivity index is 2.89. The minimum atomic E-state index is 0.631. The van der Waals surface area contributed by atoms with Crippen LogP contribution in [0.5, 0.6) is 0 Å². The first-order valence-electron chi connectivity index (χ1n) is 10.0. The molecule has 1 rings (SSSR count). The van der Waals surface area contributed by atoms with Crippen molar-refractivity contribution in [2.45, 2.75) is 54.4 Å². The minimum absolute atomic E-state index is 0.631. The van der Waals surface area contributed by atoms with Crippen LogP contribution in [-0.2, 0) is 0 Å². The van der Waals surface area contributed by atoms with Gasteiger partial charge < -0.3 is 0 Å². The number of nitrogens with zero attached hydrogens (tertiary/aromatic N) is 6. The minimum Gasteiger partial charge on any atom is -0.295 e. The largest absolute Gasteiger partial charge is 0.295 e. The molecule has 0 aromatic carbocycles. The van der Waals surface area contributed by atoms with Gasteiger partial charge in [-0.05, 0) is 40.5 Å². The molecule has 0 atom stereocenters. The number of hydrazone groups is 4. The quantitative estimate of drug-likeness (QED) is 0.570. The third kappa shape index (κ3) is 9.65. The van der Waals surface area contributed by atoms with Crippen molar-refractivity contribution in [2.75, 3.05) is 39.8 Å². The first-order chi connectivity index (χ1) is 13.5. The van der Waals surface area contributed by atoms with E-state index in [1.54, 1.807) is 0 Å². The molecule has 1 aliphatic heterocycles. The highest BCUT2D eigenvalue weighted by molar-refractivity contribution is 6.40. The second-order valence-corrected chi connectivity index (χ2v) is 6.84. The molecule has 0 aliphatic carbocycles. The molecule has 160 valence electrons. The Labute approximate surface area is 169 Å². The maximum Gasteiger partial charge on any atom is 0.0862 e. The van der Waals surface area contributed by atoms with Crippen LogP contribution in [0.1, 0.15) is 54.4 Å². The molecular weight excluding hydrogens is 356 g/mol. The van der Waals surface area contributed by atoms with E-state index in [0.29, 0.717) is 26.7 Å². The van der Waals surface area contributed by atoms with E-state index in [-0.39, 0.29) is 0 Å². The van der Waals surface area contributed by atoms with E-state index >= 15 is 0 Å². The number of nitrogens with one attached hydrogen (secondary N) is 4. The Morgan fingerprint density at radius 1 is 0.571 bits per heavy atom. The van der Waals surface area contributed by atoms with E-state index in [2.05, 4.69) is 65.8 Å². The highest BCUT2D eigenvalue weighted by atomic mass is 15.5. The van der Waals surface area contributed by atoms with Crippen LogP contribution < -0.4 is 21.7 Å². The topological polar surface area (TPSA) is 104 Å². The summed E-state index contributed by atoms with van der Waals surface area (Å²) in [6.07, 6.45) is 2.11. The molecule has 0 unspecified atom stereocenters. The standard InChI is InChI=1S/C18H38N10/c1-7-9-27-11-19-23-15(3)17(5)25-21-13-28(10-8-2)14-22-26-18(6)16(4)24-20-12-27/h19-22H,7-14H2,1-6H3/b23-15+,24-16+,25-17+,26-18+. The summed E-state index contributed by atoms with van der Waals surface area (Å²) in [7, 11) is 0.